The lowest BCUT2D eigenvalue weighted by atomic mass is 9.88. The predicted molar refractivity (Wildman–Crippen MR) is 73.8 cm³/mol. The van der Waals surface area contributed by atoms with Crippen molar-refractivity contribution in [1.82, 2.24) is 14.5 Å². The van der Waals surface area contributed by atoms with Crippen molar-refractivity contribution in [3.63, 3.8) is 0 Å². The monoisotopic (exact) mass is 296 g/mol. The lowest BCUT2D eigenvalue weighted by Crippen LogP contribution is -2.23. The van der Waals surface area contributed by atoms with E-state index in [2.05, 4.69) is 53.6 Å². The van der Waals surface area contributed by atoms with Crippen molar-refractivity contribution in [3.8, 4) is 0 Å². The number of hydrogen-bond acceptors (Lipinski definition) is 3. The summed E-state index contributed by atoms with van der Waals surface area (Å²) in [6.45, 7) is 8.69. The Labute approximate surface area is 109 Å². The van der Waals surface area contributed by atoms with Crippen molar-refractivity contribution in [2.45, 2.75) is 33.7 Å². The fraction of sp³-hybridized carbons (Fsp3) is 0.500. The minimum Gasteiger partial charge on any atom is -0.369 e. The van der Waals surface area contributed by atoms with Crippen LogP contribution in [0.3, 0.4) is 0 Å². The average Bonchev–Trinajstić information content (AvgIpc) is 2.50. The van der Waals surface area contributed by atoms with Gasteiger partial charge in [0.25, 0.3) is 0 Å². The molecule has 5 heteroatoms. The molecule has 2 aromatic heterocycles. The van der Waals surface area contributed by atoms with Crippen LogP contribution in [0, 0.1) is 5.41 Å². The molecule has 0 fully saturated rings. The molecular weight excluding hydrogens is 280 g/mol. The Hall–Kier alpha value is -1.10. The SMILES string of the molecule is CC(n1c(N)nc2cc(Br)cnc21)C(C)(C)C. The fourth-order valence-corrected chi connectivity index (χ4v) is 2.06. The predicted octanol–water partition coefficient (Wildman–Crippen LogP) is 3.38. The number of nitrogens with zero attached hydrogens (tertiary/aromatic N) is 3. The van der Waals surface area contributed by atoms with Crippen molar-refractivity contribution in [1.29, 1.82) is 0 Å². The van der Waals surface area contributed by atoms with Gasteiger partial charge in [-0.1, -0.05) is 20.8 Å². The summed E-state index contributed by atoms with van der Waals surface area (Å²) < 4.78 is 2.92. The van der Waals surface area contributed by atoms with Crippen LogP contribution in [-0.4, -0.2) is 14.5 Å². The second kappa shape index (κ2) is 3.98. The first-order chi connectivity index (χ1) is 7.80. The molecule has 2 rings (SSSR count). The van der Waals surface area contributed by atoms with Gasteiger partial charge in [-0.05, 0) is 34.3 Å². The number of imidazole rings is 1. The minimum atomic E-state index is 0.108. The molecule has 17 heavy (non-hydrogen) atoms. The number of nitrogens with two attached hydrogens (primary N) is 1. The fourth-order valence-electron chi connectivity index (χ4n) is 1.74. The van der Waals surface area contributed by atoms with Gasteiger partial charge in [-0.25, -0.2) is 9.97 Å². The Morgan fingerprint density at radius 3 is 2.65 bits per heavy atom. The molecule has 0 bridgehead atoms. The highest BCUT2D eigenvalue weighted by atomic mass is 79.9. The van der Waals surface area contributed by atoms with Crippen molar-refractivity contribution >= 4 is 33.0 Å². The molecule has 92 valence electrons. The summed E-state index contributed by atoms with van der Waals surface area (Å²) in [6, 6.07) is 2.17. The van der Waals surface area contributed by atoms with Crippen molar-refractivity contribution in [2.75, 3.05) is 5.73 Å². The molecule has 2 aromatic rings. The zero-order valence-electron chi connectivity index (χ0n) is 10.5. The molecule has 0 aliphatic heterocycles. The molecular formula is C12H17BrN4. The van der Waals surface area contributed by atoms with Crippen molar-refractivity contribution < 1.29 is 0 Å². The molecule has 0 saturated carbocycles. The first-order valence-corrected chi connectivity index (χ1v) is 6.39. The number of fused-ring (bicyclic) bond motifs is 1. The Bertz CT molecular complexity index is 553. The van der Waals surface area contributed by atoms with Gasteiger partial charge in [0.05, 0.1) is 0 Å². The number of pyridine rings is 1. The average molecular weight is 297 g/mol. The molecule has 1 unspecified atom stereocenters. The van der Waals surface area contributed by atoms with Crippen LogP contribution in [0.15, 0.2) is 16.7 Å². The van der Waals surface area contributed by atoms with E-state index in [9.17, 15) is 0 Å². The Balaban J connectivity index is 2.65. The van der Waals surface area contributed by atoms with E-state index in [-0.39, 0.29) is 11.5 Å². The largest absolute Gasteiger partial charge is 0.369 e. The minimum absolute atomic E-state index is 0.108. The molecule has 0 spiro atoms. The zero-order valence-corrected chi connectivity index (χ0v) is 12.1. The van der Waals surface area contributed by atoms with E-state index in [4.69, 9.17) is 5.73 Å². The summed E-state index contributed by atoms with van der Waals surface area (Å²) >= 11 is 3.39. The van der Waals surface area contributed by atoms with Gasteiger partial charge in [-0.15, -0.1) is 0 Å². The third-order valence-electron chi connectivity index (χ3n) is 3.16. The van der Waals surface area contributed by atoms with Crippen LogP contribution >= 0.6 is 15.9 Å². The first-order valence-electron chi connectivity index (χ1n) is 5.59. The molecule has 2 N–H and O–H groups in total. The summed E-state index contributed by atoms with van der Waals surface area (Å²) in [5.41, 5.74) is 7.77. The van der Waals surface area contributed by atoms with Gasteiger partial charge < -0.3 is 5.73 Å². The summed E-state index contributed by atoms with van der Waals surface area (Å²) in [4.78, 5) is 8.77. The first kappa shape index (κ1) is 12.4. The summed E-state index contributed by atoms with van der Waals surface area (Å²) in [5, 5.41) is 0. The summed E-state index contributed by atoms with van der Waals surface area (Å²) in [6.07, 6.45) is 1.77. The summed E-state index contributed by atoms with van der Waals surface area (Å²) in [7, 11) is 0. The molecule has 0 aromatic carbocycles. The molecule has 0 saturated heterocycles. The smallest absolute Gasteiger partial charge is 0.202 e. The second-order valence-corrected chi connectivity index (χ2v) is 6.29. The molecule has 0 aliphatic carbocycles. The van der Waals surface area contributed by atoms with Gasteiger partial charge in [-0.3, -0.25) is 4.57 Å². The molecule has 4 nitrogen and oxygen atoms in total. The third kappa shape index (κ3) is 2.16. The van der Waals surface area contributed by atoms with E-state index in [1.54, 1.807) is 6.20 Å². The molecule has 2 heterocycles. The number of hydrogen-bond donors (Lipinski definition) is 1. The van der Waals surface area contributed by atoms with Crippen molar-refractivity contribution in [2.24, 2.45) is 5.41 Å². The number of nitrogen functional groups attached to an aromatic ring is 1. The molecule has 0 aliphatic rings. The Morgan fingerprint density at radius 2 is 2.06 bits per heavy atom. The number of halogens is 1. The number of anilines is 1. The molecule has 0 amide bonds. The van der Waals surface area contributed by atoms with Crippen LogP contribution in [0.2, 0.25) is 0 Å². The number of aromatic nitrogens is 3. The Kier molecular flexibility index (Phi) is 2.89. The topological polar surface area (TPSA) is 56.7 Å². The van der Waals surface area contributed by atoms with Gasteiger partial charge in [0, 0.05) is 16.7 Å². The van der Waals surface area contributed by atoms with Gasteiger partial charge in [0.15, 0.2) is 5.65 Å². The third-order valence-corrected chi connectivity index (χ3v) is 3.60. The van der Waals surface area contributed by atoms with Crippen molar-refractivity contribution in [3.05, 3.63) is 16.7 Å². The van der Waals surface area contributed by atoms with Gasteiger partial charge >= 0.3 is 0 Å². The van der Waals surface area contributed by atoms with Gasteiger partial charge in [-0.2, -0.15) is 0 Å². The highest BCUT2D eigenvalue weighted by Gasteiger charge is 2.25. The van der Waals surface area contributed by atoms with Crippen LogP contribution in [0.5, 0.6) is 0 Å². The standard InChI is InChI=1S/C12H17BrN4/c1-7(12(2,3)4)17-10-9(16-11(17)14)5-8(13)6-15-10/h5-7H,1-4H3,(H2,14,16). The maximum Gasteiger partial charge on any atom is 0.202 e. The van der Waals surface area contributed by atoms with Crippen LogP contribution in [0.25, 0.3) is 11.2 Å². The summed E-state index contributed by atoms with van der Waals surface area (Å²) in [5.74, 6) is 0.521. The van der Waals surface area contributed by atoms with Crippen LogP contribution in [0.4, 0.5) is 5.95 Å². The highest BCUT2D eigenvalue weighted by Crippen LogP contribution is 2.34. The Morgan fingerprint density at radius 1 is 1.41 bits per heavy atom. The van der Waals surface area contributed by atoms with Crippen LogP contribution in [-0.2, 0) is 0 Å². The maximum atomic E-state index is 6.00. The van der Waals surface area contributed by atoms with Gasteiger partial charge in [0.2, 0.25) is 5.95 Å². The van der Waals surface area contributed by atoms with E-state index in [1.165, 1.54) is 0 Å². The second-order valence-electron chi connectivity index (χ2n) is 5.38. The molecule has 0 radical (unpaired) electrons. The van der Waals surface area contributed by atoms with E-state index >= 15 is 0 Å². The van der Waals surface area contributed by atoms with Crippen LogP contribution in [0.1, 0.15) is 33.7 Å². The maximum absolute atomic E-state index is 6.00. The highest BCUT2D eigenvalue weighted by molar-refractivity contribution is 9.10. The number of rotatable bonds is 1. The van der Waals surface area contributed by atoms with E-state index < -0.39 is 0 Å². The quantitative estimate of drug-likeness (QED) is 0.878. The van der Waals surface area contributed by atoms with Crippen LogP contribution < -0.4 is 5.73 Å². The van der Waals surface area contributed by atoms with Gasteiger partial charge in [0.1, 0.15) is 5.52 Å². The van der Waals surface area contributed by atoms with E-state index in [0.717, 1.165) is 15.6 Å². The normalized spacial score (nSPS) is 14.2. The lowest BCUT2D eigenvalue weighted by molar-refractivity contribution is 0.269. The lowest BCUT2D eigenvalue weighted by Gasteiger charge is -2.29. The molecule has 1 atom stereocenters. The van der Waals surface area contributed by atoms with E-state index in [1.807, 2.05) is 10.6 Å². The zero-order chi connectivity index (χ0) is 12.8. The van der Waals surface area contributed by atoms with E-state index in [0.29, 0.717) is 5.95 Å².